The third-order valence-electron chi connectivity index (χ3n) is 4.72. The number of nitrogens with one attached hydrogen (secondary N) is 3. The highest BCUT2D eigenvalue weighted by Crippen LogP contribution is 2.15. The minimum atomic E-state index is 0. The molecule has 0 radical (unpaired) electrons. The van der Waals surface area contributed by atoms with Gasteiger partial charge in [0.25, 0.3) is 5.91 Å². The Morgan fingerprint density at radius 1 is 1.19 bits per heavy atom. The zero-order valence-corrected chi connectivity index (χ0v) is 19.6. The van der Waals surface area contributed by atoms with E-state index in [1.807, 2.05) is 17.5 Å². The molecule has 0 bridgehead atoms. The Kier molecular flexibility index (Phi) is 12.7. The largest absolute Gasteiger partial charge is 0.356 e. The molecule has 1 amide bonds. The zero-order chi connectivity index (χ0) is 18.6. The molecule has 3 N–H and O–H groups in total. The molecule has 1 saturated heterocycles. The first kappa shape index (κ1) is 24.2. The lowest BCUT2D eigenvalue weighted by Crippen LogP contribution is -2.40. The van der Waals surface area contributed by atoms with Gasteiger partial charge in [-0.05, 0) is 62.7 Å². The number of nitrogens with zero attached hydrogens (tertiary/aromatic N) is 2. The average Bonchev–Trinajstić information content (AvgIpc) is 3.19. The van der Waals surface area contributed by atoms with Crippen molar-refractivity contribution >= 4 is 47.2 Å². The first-order valence-electron chi connectivity index (χ1n) is 9.67. The van der Waals surface area contributed by atoms with Crippen LogP contribution in [0.5, 0.6) is 0 Å². The highest BCUT2D eigenvalue weighted by molar-refractivity contribution is 14.0. The molecule has 0 saturated carbocycles. The highest BCUT2D eigenvalue weighted by Gasteiger charge is 2.14. The van der Waals surface area contributed by atoms with Crippen LogP contribution in [0.15, 0.2) is 22.5 Å². The molecule has 1 aliphatic heterocycles. The minimum absolute atomic E-state index is 0. The summed E-state index contributed by atoms with van der Waals surface area (Å²) in [6.45, 7) is 8.37. The van der Waals surface area contributed by atoms with Crippen LogP contribution in [-0.2, 0) is 0 Å². The van der Waals surface area contributed by atoms with Crippen LogP contribution in [0.25, 0.3) is 0 Å². The maximum Gasteiger partial charge on any atom is 0.261 e. The normalized spacial score (nSPS) is 15.9. The number of guanidine groups is 1. The van der Waals surface area contributed by atoms with Gasteiger partial charge in [0.1, 0.15) is 0 Å². The van der Waals surface area contributed by atoms with Gasteiger partial charge in [0.15, 0.2) is 5.96 Å². The van der Waals surface area contributed by atoms with Crippen molar-refractivity contribution in [1.29, 1.82) is 0 Å². The quantitative estimate of drug-likeness (QED) is 0.208. The van der Waals surface area contributed by atoms with E-state index in [4.69, 9.17) is 0 Å². The fourth-order valence-electron chi connectivity index (χ4n) is 3.01. The zero-order valence-electron chi connectivity index (χ0n) is 16.5. The fourth-order valence-corrected chi connectivity index (χ4v) is 3.65. The summed E-state index contributed by atoms with van der Waals surface area (Å²) in [7, 11) is 1.79. The third kappa shape index (κ3) is 9.75. The molecule has 6 nitrogen and oxygen atoms in total. The van der Waals surface area contributed by atoms with E-state index in [0.717, 1.165) is 49.2 Å². The van der Waals surface area contributed by atoms with Crippen molar-refractivity contribution in [3.8, 4) is 0 Å². The smallest absolute Gasteiger partial charge is 0.261 e. The van der Waals surface area contributed by atoms with Crippen molar-refractivity contribution in [1.82, 2.24) is 20.9 Å². The Hall–Kier alpha value is -0.870. The average molecular weight is 507 g/mol. The summed E-state index contributed by atoms with van der Waals surface area (Å²) < 4.78 is 0. The first-order valence-corrected chi connectivity index (χ1v) is 10.6. The minimum Gasteiger partial charge on any atom is -0.356 e. The number of halogens is 1. The van der Waals surface area contributed by atoms with Gasteiger partial charge >= 0.3 is 0 Å². The first-order chi connectivity index (χ1) is 12.7. The van der Waals surface area contributed by atoms with Crippen molar-refractivity contribution in [2.24, 2.45) is 10.9 Å². The number of hydrogen-bond donors (Lipinski definition) is 3. The molecule has 0 aromatic carbocycles. The number of carbonyl (C=O) groups is 1. The Morgan fingerprint density at radius 3 is 2.48 bits per heavy atom. The van der Waals surface area contributed by atoms with Crippen LogP contribution in [0.2, 0.25) is 0 Å². The van der Waals surface area contributed by atoms with Gasteiger partial charge in [0.2, 0.25) is 0 Å². The molecule has 1 fully saturated rings. The molecule has 1 aromatic heterocycles. The van der Waals surface area contributed by atoms with Gasteiger partial charge in [-0.1, -0.05) is 13.0 Å². The molecular weight excluding hydrogens is 473 g/mol. The number of thiophene rings is 1. The predicted molar refractivity (Wildman–Crippen MR) is 126 cm³/mol. The number of rotatable bonds is 9. The van der Waals surface area contributed by atoms with Gasteiger partial charge in [0, 0.05) is 26.7 Å². The van der Waals surface area contributed by atoms with E-state index in [1.54, 1.807) is 7.05 Å². The van der Waals surface area contributed by atoms with E-state index in [9.17, 15) is 4.79 Å². The van der Waals surface area contributed by atoms with E-state index < -0.39 is 0 Å². The van der Waals surface area contributed by atoms with Crippen LogP contribution in [0, 0.1) is 5.92 Å². The maximum absolute atomic E-state index is 11.8. The van der Waals surface area contributed by atoms with Gasteiger partial charge < -0.3 is 20.9 Å². The fraction of sp³-hybridized carbons (Fsp3) is 0.684. The summed E-state index contributed by atoms with van der Waals surface area (Å²) in [6.07, 6.45) is 4.66. The summed E-state index contributed by atoms with van der Waals surface area (Å²) in [4.78, 5) is 19.4. The lowest BCUT2D eigenvalue weighted by molar-refractivity contribution is 0.0957. The molecule has 2 heterocycles. The molecule has 154 valence electrons. The van der Waals surface area contributed by atoms with Crippen molar-refractivity contribution < 1.29 is 4.79 Å². The van der Waals surface area contributed by atoms with Crippen LogP contribution in [0.4, 0.5) is 0 Å². The van der Waals surface area contributed by atoms with Crippen molar-refractivity contribution in [3.05, 3.63) is 22.4 Å². The maximum atomic E-state index is 11.8. The summed E-state index contributed by atoms with van der Waals surface area (Å²) in [5.74, 6) is 1.74. The van der Waals surface area contributed by atoms with Crippen LogP contribution in [-0.4, -0.2) is 63.1 Å². The molecule has 2 rings (SSSR count). The van der Waals surface area contributed by atoms with E-state index in [2.05, 4.69) is 32.8 Å². The van der Waals surface area contributed by atoms with Crippen LogP contribution in [0.1, 0.15) is 42.3 Å². The number of amides is 1. The predicted octanol–water partition coefficient (Wildman–Crippen LogP) is 2.77. The van der Waals surface area contributed by atoms with Crippen molar-refractivity contribution in [2.75, 3.05) is 46.3 Å². The summed E-state index contributed by atoms with van der Waals surface area (Å²) in [5.41, 5.74) is 0. The van der Waals surface area contributed by atoms with Crippen molar-refractivity contribution in [3.63, 3.8) is 0 Å². The van der Waals surface area contributed by atoms with E-state index in [1.165, 1.54) is 37.3 Å². The second-order valence-corrected chi connectivity index (χ2v) is 7.84. The molecular formula is C19H34IN5OS. The molecule has 1 aromatic rings. The molecule has 8 heteroatoms. The Morgan fingerprint density at radius 2 is 1.85 bits per heavy atom. The van der Waals surface area contributed by atoms with E-state index in [0.29, 0.717) is 6.54 Å². The Bertz CT molecular complexity index is 544. The molecule has 0 spiro atoms. The van der Waals surface area contributed by atoms with Gasteiger partial charge in [-0.3, -0.25) is 9.79 Å². The highest BCUT2D eigenvalue weighted by atomic mass is 127. The van der Waals surface area contributed by atoms with E-state index >= 15 is 0 Å². The lowest BCUT2D eigenvalue weighted by Gasteiger charge is -2.30. The number of carbonyl (C=O) groups excluding carboxylic acids is 1. The SMILES string of the molecule is CN=C(NCCCNC(=O)c1cccs1)NCCCN1CCC(C)CC1.I. The summed E-state index contributed by atoms with van der Waals surface area (Å²) >= 11 is 1.46. The molecule has 0 unspecified atom stereocenters. The standard InChI is InChI=1S/C19H33N5OS.HI/c1-16-7-13-24(14-8-16)12-5-11-23-19(20-2)22-10-4-9-21-18(25)17-6-3-15-26-17;/h3,6,15-16H,4-5,7-14H2,1-2H3,(H,21,25)(H2,20,22,23);1H. The topological polar surface area (TPSA) is 68.8 Å². The number of likely N-dealkylation sites (tertiary alicyclic amines) is 1. The van der Waals surface area contributed by atoms with Gasteiger partial charge in [-0.15, -0.1) is 35.3 Å². The molecule has 0 aliphatic carbocycles. The monoisotopic (exact) mass is 507 g/mol. The second kappa shape index (κ2) is 14.2. The van der Waals surface area contributed by atoms with Crippen molar-refractivity contribution in [2.45, 2.75) is 32.6 Å². The summed E-state index contributed by atoms with van der Waals surface area (Å²) in [6, 6.07) is 3.73. The molecule has 1 aliphatic rings. The number of aliphatic imine (C=N–C) groups is 1. The van der Waals surface area contributed by atoms with Crippen LogP contribution in [0.3, 0.4) is 0 Å². The Balaban J connectivity index is 0.00000364. The Labute approximate surface area is 184 Å². The van der Waals surface area contributed by atoms with Crippen LogP contribution >= 0.6 is 35.3 Å². The van der Waals surface area contributed by atoms with Gasteiger partial charge in [-0.25, -0.2) is 0 Å². The van der Waals surface area contributed by atoms with Gasteiger partial charge in [-0.2, -0.15) is 0 Å². The molecule has 27 heavy (non-hydrogen) atoms. The van der Waals surface area contributed by atoms with Gasteiger partial charge in [0.05, 0.1) is 4.88 Å². The summed E-state index contributed by atoms with van der Waals surface area (Å²) in [5, 5.41) is 11.5. The van der Waals surface area contributed by atoms with E-state index in [-0.39, 0.29) is 29.9 Å². The second-order valence-electron chi connectivity index (χ2n) is 6.89. The number of hydrogen-bond acceptors (Lipinski definition) is 4. The molecule has 0 atom stereocenters. The third-order valence-corrected chi connectivity index (χ3v) is 5.59. The van der Waals surface area contributed by atoms with Crippen LogP contribution < -0.4 is 16.0 Å². The number of piperidine rings is 1. The lowest BCUT2D eigenvalue weighted by atomic mass is 9.99.